The fraction of sp³-hybridized carbons (Fsp3) is 0.111. The lowest BCUT2D eigenvalue weighted by atomic mass is 10.1. The van der Waals surface area contributed by atoms with Crippen LogP contribution in [0.4, 0.5) is 0 Å². The maximum Gasteiger partial charge on any atom is 0.341 e. The summed E-state index contributed by atoms with van der Waals surface area (Å²) < 4.78 is 6.80. The molecule has 3 rings (SSSR count). The molecule has 0 bridgehead atoms. The van der Waals surface area contributed by atoms with Gasteiger partial charge in [0.1, 0.15) is 11.3 Å². The van der Waals surface area contributed by atoms with Gasteiger partial charge in [0.2, 0.25) is 0 Å². The molecule has 0 saturated carbocycles. The normalized spacial score (nSPS) is 10.7. The first-order valence-electron chi connectivity index (χ1n) is 7.06. The molecule has 0 amide bonds. The van der Waals surface area contributed by atoms with Gasteiger partial charge < -0.3 is 9.84 Å². The molecule has 0 saturated heterocycles. The Labute approximate surface area is 132 Å². The third-order valence-electron chi connectivity index (χ3n) is 3.81. The Morgan fingerprint density at radius 3 is 2.52 bits per heavy atom. The van der Waals surface area contributed by atoms with Crippen molar-refractivity contribution in [3.05, 3.63) is 70.1 Å². The predicted octanol–water partition coefficient (Wildman–Crippen LogP) is 3.01. The summed E-state index contributed by atoms with van der Waals surface area (Å²) in [6, 6.07) is 14.2. The highest BCUT2D eigenvalue weighted by Crippen LogP contribution is 2.31. The minimum absolute atomic E-state index is 0.273. The highest BCUT2D eigenvalue weighted by molar-refractivity contribution is 5.93. The average Bonchev–Trinajstić information content (AvgIpc) is 2.54. The van der Waals surface area contributed by atoms with Crippen LogP contribution >= 0.6 is 0 Å². The number of aryl methyl sites for hydroxylation is 1. The molecule has 0 aliphatic heterocycles. The van der Waals surface area contributed by atoms with Crippen LogP contribution in [0.3, 0.4) is 0 Å². The third-order valence-corrected chi connectivity index (χ3v) is 3.81. The Kier molecular flexibility index (Phi) is 3.62. The lowest BCUT2D eigenvalue weighted by Crippen LogP contribution is -2.27. The number of aromatic carboxylic acids is 1. The first kappa shape index (κ1) is 14.8. The first-order valence-corrected chi connectivity index (χ1v) is 7.06. The van der Waals surface area contributed by atoms with Gasteiger partial charge in [-0.2, -0.15) is 0 Å². The molecule has 23 heavy (non-hydrogen) atoms. The van der Waals surface area contributed by atoms with E-state index in [1.165, 1.54) is 17.7 Å². The van der Waals surface area contributed by atoms with Crippen molar-refractivity contribution in [1.82, 2.24) is 4.57 Å². The number of rotatable bonds is 3. The van der Waals surface area contributed by atoms with Crippen LogP contribution in [0.15, 0.2) is 53.3 Å². The topological polar surface area (TPSA) is 68.5 Å². The number of nitrogens with zero attached hydrogens (tertiary/aromatic N) is 1. The SMILES string of the molecule is COc1ccc2ccccc2c1-n1c(C)ccc(C(=O)O)c1=O. The molecule has 0 atom stereocenters. The van der Waals surface area contributed by atoms with Crippen LogP contribution in [-0.4, -0.2) is 22.8 Å². The van der Waals surface area contributed by atoms with Crippen molar-refractivity contribution in [2.75, 3.05) is 7.11 Å². The van der Waals surface area contributed by atoms with Gasteiger partial charge in [-0.1, -0.05) is 30.3 Å². The van der Waals surface area contributed by atoms with Crippen LogP contribution in [0.25, 0.3) is 16.5 Å². The Hall–Kier alpha value is -3.08. The molecule has 0 radical (unpaired) electrons. The number of ether oxygens (including phenoxy) is 1. The van der Waals surface area contributed by atoms with Gasteiger partial charge in [0.05, 0.1) is 12.8 Å². The number of carboxylic acid groups (broad SMARTS) is 1. The van der Waals surface area contributed by atoms with E-state index in [1.807, 2.05) is 30.3 Å². The number of methoxy groups -OCH3 is 1. The standard InChI is InChI=1S/C18H15NO4/c1-11-7-9-14(18(21)22)17(20)19(11)16-13-6-4-3-5-12(13)8-10-15(16)23-2/h3-10H,1-2H3,(H,21,22). The Morgan fingerprint density at radius 2 is 1.83 bits per heavy atom. The molecule has 0 spiro atoms. The molecule has 5 nitrogen and oxygen atoms in total. The Morgan fingerprint density at radius 1 is 1.09 bits per heavy atom. The molecule has 0 aliphatic rings. The molecule has 1 heterocycles. The van der Waals surface area contributed by atoms with E-state index >= 15 is 0 Å². The highest BCUT2D eigenvalue weighted by atomic mass is 16.5. The molecule has 1 N–H and O–H groups in total. The van der Waals surface area contributed by atoms with E-state index in [0.29, 0.717) is 17.1 Å². The number of hydrogen-bond donors (Lipinski definition) is 1. The second-order valence-electron chi connectivity index (χ2n) is 5.17. The van der Waals surface area contributed by atoms with E-state index in [-0.39, 0.29) is 5.56 Å². The monoisotopic (exact) mass is 309 g/mol. The maximum absolute atomic E-state index is 12.7. The largest absolute Gasteiger partial charge is 0.495 e. The second-order valence-corrected chi connectivity index (χ2v) is 5.17. The summed E-state index contributed by atoms with van der Waals surface area (Å²) in [5.74, 6) is -0.737. The van der Waals surface area contributed by atoms with E-state index < -0.39 is 11.5 Å². The predicted molar refractivity (Wildman–Crippen MR) is 87.8 cm³/mol. The second kappa shape index (κ2) is 5.61. The van der Waals surface area contributed by atoms with E-state index in [4.69, 9.17) is 4.74 Å². The quantitative estimate of drug-likeness (QED) is 0.807. The van der Waals surface area contributed by atoms with Gasteiger partial charge in [-0.25, -0.2) is 4.79 Å². The van der Waals surface area contributed by atoms with Crippen molar-refractivity contribution in [1.29, 1.82) is 0 Å². The van der Waals surface area contributed by atoms with Gasteiger partial charge in [-0.15, -0.1) is 0 Å². The summed E-state index contributed by atoms with van der Waals surface area (Å²) in [5, 5.41) is 11.0. The number of carbonyl (C=O) groups is 1. The fourth-order valence-electron chi connectivity index (χ4n) is 2.70. The average molecular weight is 309 g/mol. The van der Waals surface area contributed by atoms with E-state index in [1.54, 1.807) is 19.1 Å². The number of pyridine rings is 1. The third kappa shape index (κ3) is 2.36. The smallest absolute Gasteiger partial charge is 0.341 e. The molecule has 2 aromatic carbocycles. The van der Waals surface area contributed by atoms with Crippen molar-refractivity contribution in [3.63, 3.8) is 0 Å². The van der Waals surface area contributed by atoms with Crippen LogP contribution in [0.1, 0.15) is 16.1 Å². The minimum Gasteiger partial charge on any atom is -0.495 e. The molecule has 3 aromatic rings. The zero-order valence-electron chi connectivity index (χ0n) is 12.7. The van der Waals surface area contributed by atoms with Crippen LogP contribution in [0, 0.1) is 6.92 Å². The molecule has 1 aromatic heterocycles. The van der Waals surface area contributed by atoms with Gasteiger partial charge in [0.25, 0.3) is 5.56 Å². The van der Waals surface area contributed by atoms with E-state index in [0.717, 1.165) is 10.8 Å². The summed E-state index contributed by atoms with van der Waals surface area (Å²) in [6.45, 7) is 1.76. The first-order chi connectivity index (χ1) is 11.0. The summed E-state index contributed by atoms with van der Waals surface area (Å²) in [7, 11) is 1.52. The lowest BCUT2D eigenvalue weighted by molar-refractivity contribution is 0.0694. The van der Waals surface area contributed by atoms with E-state index in [9.17, 15) is 14.7 Å². The van der Waals surface area contributed by atoms with Crippen molar-refractivity contribution >= 4 is 16.7 Å². The summed E-state index contributed by atoms with van der Waals surface area (Å²) >= 11 is 0. The molecule has 0 unspecified atom stereocenters. The number of fused-ring (bicyclic) bond motifs is 1. The maximum atomic E-state index is 12.7. The van der Waals surface area contributed by atoms with Crippen molar-refractivity contribution < 1.29 is 14.6 Å². The molecular weight excluding hydrogens is 294 g/mol. The number of carboxylic acids is 1. The van der Waals surface area contributed by atoms with Gasteiger partial charge in [0.15, 0.2) is 0 Å². The fourth-order valence-corrected chi connectivity index (χ4v) is 2.70. The number of aromatic nitrogens is 1. The highest BCUT2D eigenvalue weighted by Gasteiger charge is 2.18. The molecule has 116 valence electrons. The van der Waals surface area contributed by atoms with Gasteiger partial charge in [0, 0.05) is 11.1 Å². The summed E-state index contributed by atoms with van der Waals surface area (Å²) in [5.41, 5.74) is 0.337. The van der Waals surface area contributed by atoms with Crippen LogP contribution in [-0.2, 0) is 0 Å². The van der Waals surface area contributed by atoms with Crippen LogP contribution < -0.4 is 10.3 Å². The molecule has 0 aliphatic carbocycles. The van der Waals surface area contributed by atoms with Crippen LogP contribution in [0.2, 0.25) is 0 Å². The molecule has 5 heteroatoms. The van der Waals surface area contributed by atoms with E-state index in [2.05, 4.69) is 0 Å². The van der Waals surface area contributed by atoms with Crippen molar-refractivity contribution in [3.8, 4) is 11.4 Å². The zero-order chi connectivity index (χ0) is 16.6. The van der Waals surface area contributed by atoms with Crippen molar-refractivity contribution in [2.45, 2.75) is 6.92 Å². The van der Waals surface area contributed by atoms with Crippen molar-refractivity contribution in [2.24, 2.45) is 0 Å². The van der Waals surface area contributed by atoms with Gasteiger partial charge in [-0.3, -0.25) is 9.36 Å². The summed E-state index contributed by atoms with van der Waals surface area (Å²) in [4.78, 5) is 24.0. The van der Waals surface area contributed by atoms with Gasteiger partial charge >= 0.3 is 5.97 Å². The summed E-state index contributed by atoms with van der Waals surface area (Å²) in [6.07, 6.45) is 0. The lowest BCUT2D eigenvalue weighted by Gasteiger charge is -2.17. The molecular formula is C18H15NO4. The number of hydrogen-bond acceptors (Lipinski definition) is 3. The number of benzene rings is 2. The zero-order valence-corrected chi connectivity index (χ0v) is 12.7. The Bertz CT molecular complexity index is 972. The molecule has 0 fully saturated rings. The Balaban J connectivity index is 2.48. The minimum atomic E-state index is -1.25. The van der Waals surface area contributed by atoms with Crippen LogP contribution in [0.5, 0.6) is 5.75 Å². The van der Waals surface area contributed by atoms with Gasteiger partial charge in [-0.05, 0) is 30.5 Å².